The van der Waals surface area contributed by atoms with Crippen LogP contribution in [0.25, 0.3) is 11.0 Å². The number of nitrogens with one attached hydrogen (secondary N) is 2. The first-order valence-corrected chi connectivity index (χ1v) is 10.8. The van der Waals surface area contributed by atoms with Crippen LogP contribution in [0.3, 0.4) is 0 Å². The Morgan fingerprint density at radius 2 is 1.43 bits per heavy atom. The quantitative estimate of drug-likeness (QED) is 0.445. The lowest BCUT2D eigenvalue weighted by atomic mass is 10.3. The summed E-state index contributed by atoms with van der Waals surface area (Å²) in [7, 11) is -2.36. The number of methoxy groups -OCH3 is 1. The summed E-state index contributed by atoms with van der Waals surface area (Å²) in [4.78, 5) is 9.09. The lowest BCUT2D eigenvalue weighted by Gasteiger charge is -2.15. The number of fused-ring (bicyclic) bond motifs is 1. The minimum Gasteiger partial charge on any atom is -0.495 e. The molecule has 4 aromatic rings. The number of ether oxygens (including phenoxy) is 1. The minimum atomic E-state index is -3.91. The van der Waals surface area contributed by atoms with Crippen LogP contribution < -0.4 is 14.8 Å². The number of aromatic nitrogens is 2. The van der Waals surface area contributed by atoms with Crippen LogP contribution in [0.1, 0.15) is 0 Å². The first kappa shape index (κ1) is 19.9. The number of hydrogen-bond donors (Lipinski definition) is 2. The van der Waals surface area contributed by atoms with Crippen LogP contribution in [0, 0.1) is 0 Å². The fourth-order valence-electron chi connectivity index (χ4n) is 2.83. The molecule has 7 nitrogen and oxygen atoms in total. The number of para-hydroxylation sites is 4. The van der Waals surface area contributed by atoms with Crippen molar-refractivity contribution in [2.45, 2.75) is 4.90 Å². The third-order valence-electron chi connectivity index (χ3n) is 4.29. The van der Waals surface area contributed by atoms with Gasteiger partial charge in [-0.2, -0.15) is 0 Å². The molecule has 0 atom stereocenters. The molecule has 0 radical (unpaired) electrons. The standard InChI is InChI=1S/C21H17ClN4O3S/c1-29-19-9-5-4-8-18(19)25-20-21(24-17-7-3-2-6-16(17)23-20)26-30(27,28)15-12-10-14(22)11-13-15/h2-13H,1H3,(H,23,25)(H,24,26). The maximum Gasteiger partial charge on any atom is 0.263 e. The lowest BCUT2D eigenvalue weighted by Crippen LogP contribution is -2.16. The van der Waals surface area contributed by atoms with E-state index in [2.05, 4.69) is 20.0 Å². The molecule has 152 valence electrons. The van der Waals surface area contributed by atoms with Crippen LogP contribution in [-0.4, -0.2) is 25.5 Å². The second kappa shape index (κ2) is 8.17. The fraction of sp³-hybridized carbons (Fsp3) is 0.0476. The molecule has 0 aliphatic rings. The minimum absolute atomic E-state index is 0.0603. The average molecular weight is 441 g/mol. The molecule has 0 fully saturated rings. The van der Waals surface area contributed by atoms with Crippen LogP contribution in [0.5, 0.6) is 5.75 Å². The Balaban J connectivity index is 1.79. The number of halogens is 1. The van der Waals surface area contributed by atoms with Crippen molar-refractivity contribution in [3.63, 3.8) is 0 Å². The number of hydrogen-bond acceptors (Lipinski definition) is 6. The molecular weight excluding hydrogens is 424 g/mol. The van der Waals surface area contributed by atoms with E-state index in [-0.39, 0.29) is 16.5 Å². The van der Waals surface area contributed by atoms with E-state index in [1.54, 1.807) is 31.4 Å². The summed E-state index contributed by atoms with van der Waals surface area (Å²) >= 11 is 5.87. The van der Waals surface area contributed by atoms with Gasteiger partial charge in [0.25, 0.3) is 10.0 Å². The first-order valence-electron chi connectivity index (χ1n) is 8.91. The zero-order valence-corrected chi connectivity index (χ0v) is 17.4. The molecule has 0 saturated carbocycles. The normalized spacial score (nSPS) is 11.3. The molecule has 0 aliphatic heterocycles. The van der Waals surface area contributed by atoms with E-state index in [1.165, 1.54) is 24.3 Å². The van der Waals surface area contributed by atoms with Crippen molar-refractivity contribution >= 4 is 50.0 Å². The maximum absolute atomic E-state index is 12.9. The Kier molecular flexibility index (Phi) is 5.43. The van der Waals surface area contributed by atoms with Crippen molar-refractivity contribution < 1.29 is 13.2 Å². The summed E-state index contributed by atoms with van der Waals surface area (Å²) in [5.74, 6) is 0.893. The highest BCUT2D eigenvalue weighted by atomic mass is 35.5. The molecule has 0 amide bonds. The molecular formula is C21H17ClN4O3S. The van der Waals surface area contributed by atoms with E-state index in [0.29, 0.717) is 27.5 Å². The van der Waals surface area contributed by atoms with Gasteiger partial charge in [0.1, 0.15) is 5.75 Å². The van der Waals surface area contributed by atoms with Gasteiger partial charge in [-0.25, -0.2) is 18.4 Å². The van der Waals surface area contributed by atoms with Crippen molar-refractivity contribution in [3.05, 3.63) is 77.8 Å². The van der Waals surface area contributed by atoms with Crippen molar-refractivity contribution in [1.82, 2.24) is 9.97 Å². The van der Waals surface area contributed by atoms with Crippen molar-refractivity contribution in [1.29, 1.82) is 0 Å². The van der Waals surface area contributed by atoms with Gasteiger partial charge in [-0.1, -0.05) is 35.9 Å². The third-order valence-corrected chi connectivity index (χ3v) is 5.89. The Morgan fingerprint density at radius 3 is 2.10 bits per heavy atom. The van der Waals surface area contributed by atoms with Gasteiger partial charge in [0, 0.05) is 5.02 Å². The molecule has 2 N–H and O–H groups in total. The number of nitrogens with zero attached hydrogens (tertiary/aromatic N) is 2. The third kappa shape index (κ3) is 4.14. The van der Waals surface area contributed by atoms with Gasteiger partial charge in [-0.05, 0) is 48.5 Å². The summed E-state index contributed by atoms with van der Waals surface area (Å²) in [5, 5.41) is 3.56. The Labute approximate surface area is 178 Å². The SMILES string of the molecule is COc1ccccc1Nc1nc2ccccc2nc1NS(=O)(=O)c1ccc(Cl)cc1. The number of benzene rings is 3. The monoisotopic (exact) mass is 440 g/mol. The lowest BCUT2D eigenvalue weighted by molar-refractivity contribution is 0.417. The molecule has 0 saturated heterocycles. The zero-order valence-electron chi connectivity index (χ0n) is 15.8. The second-order valence-electron chi connectivity index (χ2n) is 6.29. The van der Waals surface area contributed by atoms with Gasteiger partial charge in [-0.3, -0.25) is 4.72 Å². The van der Waals surface area contributed by atoms with E-state index >= 15 is 0 Å². The molecule has 0 unspecified atom stereocenters. The van der Waals surface area contributed by atoms with Gasteiger partial charge >= 0.3 is 0 Å². The predicted octanol–water partition coefficient (Wildman–Crippen LogP) is 4.84. The first-order chi connectivity index (χ1) is 14.5. The van der Waals surface area contributed by atoms with Gasteiger partial charge in [0.2, 0.25) is 0 Å². The van der Waals surface area contributed by atoms with Crippen LogP contribution >= 0.6 is 11.6 Å². The van der Waals surface area contributed by atoms with Crippen LogP contribution in [0.4, 0.5) is 17.3 Å². The van der Waals surface area contributed by atoms with E-state index in [4.69, 9.17) is 16.3 Å². The Bertz CT molecular complexity index is 1310. The molecule has 1 heterocycles. The topological polar surface area (TPSA) is 93.2 Å². The summed E-state index contributed by atoms with van der Waals surface area (Å²) in [6, 6.07) is 20.3. The summed E-state index contributed by atoms with van der Waals surface area (Å²) in [5.41, 5.74) is 1.79. The number of rotatable bonds is 6. The molecule has 4 rings (SSSR count). The molecule has 0 bridgehead atoms. The molecule has 0 aliphatic carbocycles. The van der Waals surface area contributed by atoms with E-state index in [9.17, 15) is 8.42 Å². The highest BCUT2D eigenvalue weighted by Gasteiger charge is 2.19. The zero-order chi connectivity index (χ0) is 21.1. The summed E-state index contributed by atoms with van der Waals surface area (Å²) < 4.78 is 33.7. The van der Waals surface area contributed by atoms with Crippen molar-refractivity contribution in [2.24, 2.45) is 0 Å². The Hall–Kier alpha value is -3.36. The second-order valence-corrected chi connectivity index (χ2v) is 8.41. The highest BCUT2D eigenvalue weighted by molar-refractivity contribution is 7.92. The van der Waals surface area contributed by atoms with Gasteiger partial charge < -0.3 is 10.1 Å². The van der Waals surface area contributed by atoms with Crippen molar-refractivity contribution in [2.75, 3.05) is 17.1 Å². The largest absolute Gasteiger partial charge is 0.495 e. The molecule has 30 heavy (non-hydrogen) atoms. The van der Waals surface area contributed by atoms with E-state index in [0.717, 1.165) is 0 Å². The average Bonchev–Trinajstić information content (AvgIpc) is 2.74. The molecule has 3 aromatic carbocycles. The highest BCUT2D eigenvalue weighted by Crippen LogP contribution is 2.31. The smallest absolute Gasteiger partial charge is 0.263 e. The fourth-order valence-corrected chi connectivity index (χ4v) is 3.97. The van der Waals surface area contributed by atoms with Crippen LogP contribution in [0.2, 0.25) is 5.02 Å². The maximum atomic E-state index is 12.9. The van der Waals surface area contributed by atoms with Gasteiger partial charge in [-0.15, -0.1) is 0 Å². The van der Waals surface area contributed by atoms with Gasteiger partial charge in [0.15, 0.2) is 11.6 Å². The summed E-state index contributed by atoms with van der Waals surface area (Å²) in [6.07, 6.45) is 0. The van der Waals surface area contributed by atoms with Gasteiger partial charge in [0.05, 0.1) is 28.7 Å². The van der Waals surface area contributed by atoms with E-state index in [1.807, 2.05) is 24.3 Å². The van der Waals surface area contributed by atoms with Crippen LogP contribution in [0.15, 0.2) is 77.7 Å². The summed E-state index contributed by atoms with van der Waals surface area (Å²) in [6.45, 7) is 0. The van der Waals surface area contributed by atoms with Crippen LogP contribution in [-0.2, 0) is 10.0 Å². The van der Waals surface area contributed by atoms with E-state index < -0.39 is 10.0 Å². The Morgan fingerprint density at radius 1 is 0.833 bits per heavy atom. The number of sulfonamides is 1. The predicted molar refractivity (Wildman–Crippen MR) is 118 cm³/mol. The molecule has 1 aromatic heterocycles. The molecule has 9 heteroatoms. The number of anilines is 3. The van der Waals surface area contributed by atoms with Crippen molar-refractivity contribution in [3.8, 4) is 5.75 Å². The molecule has 0 spiro atoms.